The zero-order chi connectivity index (χ0) is 21.7. The molecule has 1 saturated heterocycles. The maximum Gasteiger partial charge on any atom is 0.414 e. The van der Waals surface area contributed by atoms with Crippen molar-refractivity contribution in [2.45, 2.75) is 18.9 Å². The van der Waals surface area contributed by atoms with Crippen molar-refractivity contribution in [3.8, 4) is 11.8 Å². The fourth-order valence-corrected chi connectivity index (χ4v) is 3.08. The van der Waals surface area contributed by atoms with E-state index in [1.165, 1.54) is 17.0 Å². The van der Waals surface area contributed by atoms with E-state index in [0.29, 0.717) is 28.1 Å². The fraction of sp³-hybridized carbons (Fsp3) is 0.238. The molecule has 0 bridgehead atoms. The third-order valence-electron chi connectivity index (χ3n) is 4.48. The first-order valence-corrected chi connectivity index (χ1v) is 9.02. The first-order chi connectivity index (χ1) is 14.4. The number of nitriles is 1. The second-order valence-corrected chi connectivity index (χ2v) is 6.66. The van der Waals surface area contributed by atoms with Gasteiger partial charge in [0.2, 0.25) is 0 Å². The molecule has 0 radical (unpaired) electrons. The number of rotatable bonds is 8. The summed E-state index contributed by atoms with van der Waals surface area (Å²) >= 11 is 0. The van der Waals surface area contributed by atoms with Crippen molar-refractivity contribution in [2.75, 3.05) is 18.1 Å². The van der Waals surface area contributed by atoms with Gasteiger partial charge in [0.05, 0.1) is 31.0 Å². The van der Waals surface area contributed by atoms with Gasteiger partial charge in [-0.15, -0.1) is 0 Å². The summed E-state index contributed by atoms with van der Waals surface area (Å²) in [5.74, 6) is -1.79. The zero-order valence-electron chi connectivity index (χ0n) is 15.8. The van der Waals surface area contributed by atoms with E-state index in [0.717, 1.165) is 0 Å². The number of benzene rings is 2. The molecule has 1 fully saturated rings. The van der Waals surface area contributed by atoms with Crippen LogP contribution in [0.2, 0.25) is 0 Å². The standard InChI is InChI=1S/C21H18N2O7/c22-10-13-1-4-16(5-2-13)23-11-18(30-21(23)28)12-29-17-6-3-14(8-19(24)25)15(7-17)9-20(26)27/h1-7,18H,8-9,11-12H2,(H,24,25)(H,26,27). The second-order valence-electron chi connectivity index (χ2n) is 6.66. The molecule has 1 aliphatic rings. The molecule has 30 heavy (non-hydrogen) atoms. The Hall–Kier alpha value is -4.06. The molecule has 9 nitrogen and oxygen atoms in total. The van der Waals surface area contributed by atoms with Crippen molar-refractivity contribution in [3.05, 3.63) is 59.2 Å². The predicted molar refractivity (Wildman–Crippen MR) is 103 cm³/mol. The van der Waals surface area contributed by atoms with E-state index < -0.39 is 24.1 Å². The van der Waals surface area contributed by atoms with Crippen LogP contribution in [0.15, 0.2) is 42.5 Å². The zero-order valence-corrected chi connectivity index (χ0v) is 15.8. The number of carbonyl (C=O) groups is 3. The number of nitrogens with zero attached hydrogens (tertiary/aromatic N) is 2. The molecule has 1 heterocycles. The van der Waals surface area contributed by atoms with Gasteiger partial charge in [-0.3, -0.25) is 14.5 Å². The van der Waals surface area contributed by atoms with Crippen LogP contribution in [-0.2, 0) is 27.2 Å². The minimum Gasteiger partial charge on any atom is -0.490 e. The normalized spacial score (nSPS) is 15.4. The Morgan fingerprint density at radius 1 is 1.10 bits per heavy atom. The minimum atomic E-state index is -1.08. The molecular weight excluding hydrogens is 392 g/mol. The Balaban J connectivity index is 1.65. The lowest BCUT2D eigenvalue weighted by Crippen LogP contribution is -2.26. The Bertz CT molecular complexity index is 1010. The van der Waals surface area contributed by atoms with Gasteiger partial charge in [-0.1, -0.05) is 6.07 Å². The molecule has 0 saturated carbocycles. The van der Waals surface area contributed by atoms with Gasteiger partial charge in [0.25, 0.3) is 0 Å². The Labute approximate surface area is 171 Å². The number of carboxylic acid groups (broad SMARTS) is 2. The molecule has 0 aliphatic carbocycles. The van der Waals surface area contributed by atoms with Gasteiger partial charge >= 0.3 is 18.0 Å². The molecule has 3 rings (SSSR count). The Morgan fingerprint density at radius 2 is 1.77 bits per heavy atom. The average molecular weight is 410 g/mol. The lowest BCUT2D eigenvalue weighted by molar-refractivity contribution is -0.137. The monoisotopic (exact) mass is 410 g/mol. The number of hydrogen-bond acceptors (Lipinski definition) is 6. The molecule has 2 aromatic carbocycles. The smallest absolute Gasteiger partial charge is 0.414 e. The number of carbonyl (C=O) groups excluding carboxylic acids is 1. The van der Waals surface area contributed by atoms with Crippen LogP contribution in [0, 0.1) is 11.3 Å². The van der Waals surface area contributed by atoms with Crippen LogP contribution in [0.3, 0.4) is 0 Å². The molecule has 154 valence electrons. The topological polar surface area (TPSA) is 137 Å². The number of ether oxygens (including phenoxy) is 2. The molecule has 2 N–H and O–H groups in total. The first-order valence-electron chi connectivity index (χ1n) is 9.02. The lowest BCUT2D eigenvalue weighted by Gasteiger charge is -2.14. The molecule has 9 heteroatoms. The van der Waals surface area contributed by atoms with E-state index in [2.05, 4.69) is 0 Å². The van der Waals surface area contributed by atoms with Crippen molar-refractivity contribution in [1.82, 2.24) is 0 Å². The van der Waals surface area contributed by atoms with Crippen molar-refractivity contribution in [1.29, 1.82) is 5.26 Å². The van der Waals surface area contributed by atoms with Gasteiger partial charge in [0.15, 0.2) is 6.10 Å². The average Bonchev–Trinajstić information content (AvgIpc) is 3.08. The molecule has 1 aliphatic heterocycles. The molecule has 1 atom stereocenters. The van der Waals surface area contributed by atoms with Gasteiger partial charge in [0, 0.05) is 5.69 Å². The summed E-state index contributed by atoms with van der Waals surface area (Å²) in [6, 6.07) is 13.1. The van der Waals surface area contributed by atoms with E-state index in [-0.39, 0.29) is 26.0 Å². The third-order valence-corrected chi connectivity index (χ3v) is 4.48. The molecule has 1 amide bonds. The number of cyclic esters (lactones) is 1. The Morgan fingerprint density at radius 3 is 2.40 bits per heavy atom. The van der Waals surface area contributed by atoms with Crippen LogP contribution in [0.5, 0.6) is 5.75 Å². The molecular formula is C21H18N2O7. The molecule has 0 spiro atoms. The SMILES string of the molecule is N#Cc1ccc(N2CC(COc3ccc(CC(=O)O)c(CC(=O)O)c3)OC2=O)cc1. The van der Waals surface area contributed by atoms with E-state index in [9.17, 15) is 14.4 Å². The van der Waals surface area contributed by atoms with Crippen LogP contribution in [0.25, 0.3) is 0 Å². The van der Waals surface area contributed by atoms with Gasteiger partial charge in [-0.05, 0) is 47.5 Å². The maximum atomic E-state index is 12.1. The number of anilines is 1. The Kier molecular flexibility index (Phi) is 6.17. The first kappa shape index (κ1) is 20.7. The highest BCUT2D eigenvalue weighted by atomic mass is 16.6. The van der Waals surface area contributed by atoms with Crippen molar-refractivity contribution < 1.29 is 34.1 Å². The van der Waals surface area contributed by atoms with Crippen molar-refractivity contribution in [3.63, 3.8) is 0 Å². The number of hydrogen-bond donors (Lipinski definition) is 2. The molecule has 0 aromatic heterocycles. The van der Waals surface area contributed by atoms with Gasteiger partial charge in [-0.2, -0.15) is 5.26 Å². The summed E-state index contributed by atoms with van der Waals surface area (Å²) in [5.41, 5.74) is 1.83. The lowest BCUT2D eigenvalue weighted by atomic mass is 10.0. The summed E-state index contributed by atoms with van der Waals surface area (Å²) in [4.78, 5) is 35.6. The largest absolute Gasteiger partial charge is 0.490 e. The van der Waals surface area contributed by atoms with Crippen molar-refractivity contribution >= 4 is 23.7 Å². The fourth-order valence-electron chi connectivity index (χ4n) is 3.08. The molecule has 2 aromatic rings. The maximum absolute atomic E-state index is 12.1. The van der Waals surface area contributed by atoms with Crippen LogP contribution < -0.4 is 9.64 Å². The van der Waals surface area contributed by atoms with E-state index in [1.54, 1.807) is 30.3 Å². The molecule has 1 unspecified atom stereocenters. The highest BCUT2D eigenvalue weighted by Gasteiger charge is 2.32. The summed E-state index contributed by atoms with van der Waals surface area (Å²) in [6.07, 6.45) is -1.70. The predicted octanol–water partition coefficient (Wildman–Crippen LogP) is 2.22. The number of aliphatic carboxylic acids is 2. The quantitative estimate of drug-likeness (QED) is 0.676. The van der Waals surface area contributed by atoms with Crippen LogP contribution in [0.1, 0.15) is 16.7 Å². The summed E-state index contributed by atoms with van der Waals surface area (Å²) in [5, 5.41) is 26.9. The minimum absolute atomic E-state index is 0.0449. The highest BCUT2D eigenvalue weighted by Crippen LogP contribution is 2.24. The van der Waals surface area contributed by atoms with E-state index in [4.69, 9.17) is 24.9 Å². The summed E-state index contributed by atoms with van der Waals surface area (Å²) in [6.45, 7) is 0.299. The van der Waals surface area contributed by atoms with Gasteiger partial charge in [-0.25, -0.2) is 4.79 Å². The number of amides is 1. The highest BCUT2D eigenvalue weighted by molar-refractivity contribution is 5.89. The third kappa shape index (κ3) is 5.05. The summed E-state index contributed by atoms with van der Waals surface area (Å²) in [7, 11) is 0. The van der Waals surface area contributed by atoms with Crippen LogP contribution >= 0.6 is 0 Å². The van der Waals surface area contributed by atoms with Crippen molar-refractivity contribution in [2.24, 2.45) is 0 Å². The van der Waals surface area contributed by atoms with Gasteiger partial charge in [0.1, 0.15) is 12.4 Å². The van der Waals surface area contributed by atoms with Crippen LogP contribution in [0.4, 0.5) is 10.5 Å². The van der Waals surface area contributed by atoms with Gasteiger partial charge < -0.3 is 19.7 Å². The van der Waals surface area contributed by atoms with E-state index >= 15 is 0 Å². The van der Waals surface area contributed by atoms with E-state index in [1.807, 2.05) is 6.07 Å². The summed E-state index contributed by atoms with van der Waals surface area (Å²) < 4.78 is 11.0. The number of carboxylic acids is 2. The van der Waals surface area contributed by atoms with Crippen LogP contribution in [-0.4, -0.2) is 47.5 Å². The second kappa shape index (κ2) is 8.96.